The first-order chi connectivity index (χ1) is 17.7. The predicted octanol–water partition coefficient (Wildman–Crippen LogP) is 9.02. The van der Waals surface area contributed by atoms with Gasteiger partial charge < -0.3 is 0 Å². The van der Waals surface area contributed by atoms with Gasteiger partial charge >= 0.3 is 0 Å². The van der Waals surface area contributed by atoms with Gasteiger partial charge in [-0.2, -0.15) is 0 Å². The minimum absolute atomic E-state index is 0.375. The first kappa shape index (κ1) is 23.8. The summed E-state index contributed by atoms with van der Waals surface area (Å²) in [6.07, 6.45) is 1.98. The third-order valence-corrected chi connectivity index (χ3v) is 8.32. The zero-order valence-corrected chi connectivity index (χ0v) is 23.4. The second-order valence-electron chi connectivity index (χ2n) is 10.8. The third-order valence-electron chi connectivity index (χ3n) is 7.27. The van der Waals surface area contributed by atoms with Gasteiger partial charge in [-0.25, -0.2) is 9.97 Å². The van der Waals surface area contributed by atoms with Crippen LogP contribution in [0.2, 0.25) is 0 Å². The van der Waals surface area contributed by atoms with Crippen molar-refractivity contribution >= 4 is 42.7 Å². The highest BCUT2D eigenvalue weighted by Crippen LogP contribution is 2.40. The molecule has 0 N–H and O–H groups in total. The monoisotopic (exact) mass is 504 g/mol. The van der Waals surface area contributed by atoms with Crippen molar-refractivity contribution in [1.29, 1.82) is 0 Å². The lowest BCUT2D eigenvalue weighted by Crippen LogP contribution is -2.08. The molecule has 0 aliphatic rings. The van der Waals surface area contributed by atoms with Crippen LogP contribution in [0.4, 0.5) is 0 Å². The van der Waals surface area contributed by atoms with Gasteiger partial charge in [-0.05, 0) is 67.5 Å². The fraction of sp³-hybridized carbons (Fsp3) is 0.281. The Balaban J connectivity index is 1.69. The normalized spacial score (nSPS) is 12.1. The van der Waals surface area contributed by atoms with Crippen LogP contribution in [-0.2, 0) is 0 Å². The van der Waals surface area contributed by atoms with E-state index in [1.807, 2.05) is 13.1 Å². The molecule has 0 aliphatic heterocycles. The first-order valence-electron chi connectivity index (χ1n) is 13.0. The number of thiophene rings is 1. The highest BCUT2D eigenvalue weighted by molar-refractivity contribution is 7.25. The fourth-order valence-corrected chi connectivity index (χ4v) is 6.77. The van der Waals surface area contributed by atoms with Crippen LogP contribution in [-0.4, -0.2) is 19.5 Å². The van der Waals surface area contributed by atoms with Gasteiger partial charge in [0.1, 0.15) is 10.7 Å². The van der Waals surface area contributed by atoms with Crippen molar-refractivity contribution in [2.45, 2.75) is 60.3 Å². The van der Waals surface area contributed by atoms with Crippen molar-refractivity contribution in [3.63, 3.8) is 0 Å². The molecule has 0 bridgehead atoms. The largest absolute Gasteiger partial charge is 0.290 e. The number of benzene rings is 2. The van der Waals surface area contributed by atoms with Crippen LogP contribution < -0.4 is 0 Å². The molecule has 0 radical (unpaired) electrons. The number of pyridine rings is 2. The highest BCUT2D eigenvalue weighted by Gasteiger charge is 2.23. The Hall–Kier alpha value is -3.57. The van der Waals surface area contributed by atoms with Crippen LogP contribution in [0.3, 0.4) is 0 Å². The number of hydrogen-bond donors (Lipinski definition) is 0. The van der Waals surface area contributed by atoms with Crippen molar-refractivity contribution in [3.8, 4) is 17.1 Å². The third kappa shape index (κ3) is 3.84. The smallest absolute Gasteiger partial charge is 0.145 e. The molecule has 0 saturated heterocycles. The average molecular weight is 505 g/mol. The van der Waals surface area contributed by atoms with E-state index in [0.29, 0.717) is 11.8 Å². The molecule has 37 heavy (non-hydrogen) atoms. The molecule has 6 rings (SSSR count). The van der Waals surface area contributed by atoms with Gasteiger partial charge in [0.15, 0.2) is 0 Å². The van der Waals surface area contributed by atoms with E-state index in [1.54, 1.807) is 11.3 Å². The Labute approximate surface area is 222 Å². The van der Waals surface area contributed by atoms with Gasteiger partial charge in [0, 0.05) is 32.4 Å². The Morgan fingerprint density at radius 3 is 2.24 bits per heavy atom. The zero-order chi connectivity index (χ0) is 26.0. The molecule has 0 spiro atoms. The molecule has 2 aromatic carbocycles. The highest BCUT2D eigenvalue weighted by atomic mass is 32.1. The van der Waals surface area contributed by atoms with E-state index < -0.39 is 0 Å². The standard InChI is InChI=1S/C32H32N4S/c1-17(2)23-9-8-10-24(18(3)4)30(23)36-27-16-33-20(6)14-26(27)35-31(36)22-11-12-25-28(15-22)37-32-29(25)19(5)13-21(7)34-32/h8-18H,1-7H3. The molecule has 0 fully saturated rings. The lowest BCUT2D eigenvalue weighted by atomic mass is 9.92. The minimum Gasteiger partial charge on any atom is -0.290 e. The van der Waals surface area contributed by atoms with Crippen LogP contribution >= 0.6 is 11.3 Å². The Bertz CT molecular complexity index is 1790. The van der Waals surface area contributed by atoms with Gasteiger partial charge in [0.2, 0.25) is 0 Å². The number of imidazole rings is 1. The summed E-state index contributed by atoms with van der Waals surface area (Å²) >= 11 is 1.77. The van der Waals surface area contributed by atoms with E-state index >= 15 is 0 Å². The van der Waals surface area contributed by atoms with Gasteiger partial charge in [0.05, 0.1) is 22.9 Å². The molecule has 0 aliphatic carbocycles. The van der Waals surface area contributed by atoms with E-state index in [4.69, 9.17) is 9.97 Å². The summed E-state index contributed by atoms with van der Waals surface area (Å²) in [7, 11) is 0. The summed E-state index contributed by atoms with van der Waals surface area (Å²) in [5.41, 5.74) is 10.3. The van der Waals surface area contributed by atoms with Crippen LogP contribution in [0.5, 0.6) is 0 Å². The second-order valence-corrected chi connectivity index (χ2v) is 11.8. The number of nitrogens with zero attached hydrogens (tertiary/aromatic N) is 4. The molecule has 0 amide bonds. The second kappa shape index (κ2) is 8.77. The van der Waals surface area contributed by atoms with Gasteiger partial charge in [-0.3, -0.25) is 9.55 Å². The van der Waals surface area contributed by atoms with E-state index in [1.165, 1.54) is 37.9 Å². The van der Waals surface area contributed by atoms with Gasteiger partial charge in [-0.1, -0.05) is 58.0 Å². The summed E-state index contributed by atoms with van der Waals surface area (Å²) in [5.74, 6) is 1.71. The lowest BCUT2D eigenvalue weighted by Gasteiger charge is -2.22. The number of hydrogen-bond acceptors (Lipinski definition) is 4. The number of fused-ring (bicyclic) bond motifs is 4. The average Bonchev–Trinajstić information content (AvgIpc) is 3.40. The summed E-state index contributed by atoms with van der Waals surface area (Å²) in [4.78, 5) is 15.8. The van der Waals surface area contributed by atoms with Crippen molar-refractivity contribution in [1.82, 2.24) is 19.5 Å². The molecule has 5 heteroatoms. The number of rotatable bonds is 4. The zero-order valence-electron chi connectivity index (χ0n) is 22.5. The maximum atomic E-state index is 5.23. The SMILES string of the molecule is Cc1cc2nc(-c3ccc4c(c3)sc3nc(C)cc(C)c34)n(-c3c(C(C)C)cccc3C(C)C)c2cn1. The minimum atomic E-state index is 0.375. The molecule has 4 nitrogen and oxygen atoms in total. The molecule has 6 aromatic rings. The van der Waals surface area contributed by atoms with E-state index in [9.17, 15) is 0 Å². The Morgan fingerprint density at radius 1 is 0.811 bits per heavy atom. The maximum Gasteiger partial charge on any atom is 0.145 e. The van der Waals surface area contributed by atoms with E-state index in [-0.39, 0.29) is 0 Å². The number of aryl methyl sites for hydroxylation is 3. The van der Waals surface area contributed by atoms with Crippen LogP contribution in [0, 0.1) is 20.8 Å². The topological polar surface area (TPSA) is 43.6 Å². The molecular formula is C32H32N4S. The molecule has 0 saturated carbocycles. The van der Waals surface area contributed by atoms with Crippen molar-refractivity contribution in [2.75, 3.05) is 0 Å². The quantitative estimate of drug-likeness (QED) is 0.240. The van der Waals surface area contributed by atoms with Gasteiger partial charge in [0.25, 0.3) is 0 Å². The van der Waals surface area contributed by atoms with Crippen molar-refractivity contribution in [3.05, 3.63) is 82.8 Å². The van der Waals surface area contributed by atoms with E-state index in [2.05, 4.69) is 99.6 Å². The van der Waals surface area contributed by atoms with Crippen molar-refractivity contribution in [2.24, 2.45) is 0 Å². The lowest BCUT2D eigenvalue weighted by molar-refractivity contribution is 0.811. The van der Waals surface area contributed by atoms with Crippen molar-refractivity contribution < 1.29 is 0 Å². The molecular weight excluding hydrogens is 472 g/mol. The molecule has 0 atom stereocenters. The fourth-order valence-electron chi connectivity index (χ4n) is 5.53. The summed E-state index contributed by atoms with van der Waals surface area (Å²) in [6.45, 7) is 15.4. The first-order valence-corrected chi connectivity index (χ1v) is 13.8. The molecule has 4 aromatic heterocycles. The van der Waals surface area contributed by atoms with Crippen LogP contribution in [0.25, 0.3) is 48.4 Å². The number of para-hydroxylation sites is 1. The Kier molecular flexibility index (Phi) is 5.64. The van der Waals surface area contributed by atoms with E-state index in [0.717, 1.165) is 38.6 Å². The molecule has 4 heterocycles. The molecule has 186 valence electrons. The van der Waals surface area contributed by atoms with Crippen LogP contribution in [0.15, 0.2) is 54.7 Å². The van der Waals surface area contributed by atoms with Crippen LogP contribution in [0.1, 0.15) is 67.6 Å². The maximum absolute atomic E-state index is 5.23. The summed E-state index contributed by atoms with van der Waals surface area (Å²) < 4.78 is 3.59. The summed E-state index contributed by atoms with van der Waals surface area (Å²) in [6, 6.07) is 17.7. The molecule has 0 unspecified atom stereocenters. The summed E-state index contributed by atoms with van der Waals surface area (Å²) in [5, 5.41) is 2.53. The Morgan fingerprint density at radius 2 is 1.54 bits per heavy atom. The van der Waals surface area contributed by atoms with Gasteiger partial charge in [-0.15, -0.1) is 11.3 Å². The predicted molar refractivity (Wildman–Crippen MR) is 157 cm³/mol. The number of aromatic nitrogens is 4.